The highest BCUT2D eigenvalue weighted by Crippen LogP contribution is 2.36. The lowest BCUT2D eigenvalue weighted by molar-refractivity contribution is 0.0951. The molecular weight excluding hydrogens is 274 g/mol. The lowest BCUT2D eigenvalue weighted by atomic mass is 10.1. The number of carbonyl (C=O) groups excluding carboxylic acids is 1. The van der Waals surface area contributed by atoms with E-state index in [1.165, 1.54) is 17.4 Å². The fourth-order valence-electron chi connectivity index (χ4n) is 1.96. The van der Waals surface area contributed by atoms with Gasteiger partial charge in [0.25, 0.3) is 5.91 Å². The molecular formula is C14H11N3O2S. The summed E-state index contributed by atoms with van der Waals surface area (Å²) in [6.45, 7) is 0. The Kier molecular flexibility index (Phi) is 3.09. The molecule has 3 aromatic rings. The number of nitrogen functional groups attached to an aromatic ring is 1. The number of hydrogen-bond donors (Lipinski definition) is 3. The second kappa shape index (κ2) is 4.92. The van der Waals surface area contributed by atoms with E-state index in [4.69, 9.17) is 5.84 Å². The molecule has 1 aromatic heterocycles. The van der Waals surface area contributed by atoms with Crippen LogP contribution in [0.4, 0.5) is 0 Å². The average molecular weight is 285 g/mol. The number of nitrogens with zero attached hydrogens (tertiary/aromatic N) is 1. The lowest BCUT2D eigenvalue weighted by Crippen LogP contribution is -2.30. The van der Waals surface area contributed by atoms with Gasteiger partial charge >= 0.3 is 0 Å². The molecule has 0 saturated carbocycles. The van der Waals surface area contributed by atoms with Gasteiger partial charge in [0, 0.05) is 0 Å². The van der Waals surface area contributed by atoms with E-state index < -0.39 is 5.91 Å². The molecule has 0 radical (unpaired) electrons. The van der Waals surface area contributed by atoms with E-state index in [2.05, 4.69) is 4.98 Å². The number of hydrogen-bond acceptors (Lipinski definition) is 5. The van der Waals surface area contributed by atoms with E-state index in [1.54, 1.807) is 12.1 Å². The summed E-state index contributed by atoms with van der Waals surface area (Å²) in [5, 5.41) is 10.9. The number of fused-ring (bicyclic) bond motifs is 1. The summed E-state index contributed by atoms with van der Waals surface area (Å²) in [6, 6.07) is 12.6. The number of aromatic nitrogens is 1. The number of phenolic OH excluding ortho intramolecular Hbond substituents is 1. The van der Waals surface area contributed by atoms with Crippen molar-refractivity contribution >= 4 is 27.5 Å². The second-order valence-electron chi connectivity index (χ2n) is 4.16. The molecule has 0 aliphatic rings. The van der Waals surface area contributed by atoms with E-state index in [9.17, 15) is 9.90 Å². The maximum atomic E-state index is 11.6. The summed E-state index contributed by atoms with van der Waals surface area (Å²) in [6.07, 6.45) is 0. The Bertz CT molecular complexity index is 765. The first-order valence-corrected chi connectivity index (χ1v) is 6.71. The molecule has 0 atom stereocenters. The third-order valence-electron chi connectivity index (χ3n) is 2.94. The number of rotatable bonds is 2. The number of amides is 1. The van der Waals surface area contributed by atoms with Gasteiger partial charge in [-0.25, -0.2) is 10.8 Å². The van der Waals surface area contributed by atoms with Gasteiger partial charge in [-0.2, -0.15) is 0 Å². The third kappa shape index (κ3) is 2.01. The van der Waals surface area contributed by atoms with Gasteiger partial charge in [0.15, 0.2) is 0 Å². The van der Waals surface area contributed by atoms with Crippen LogP contribution in [-0.4, -0.2) is 16.0 Å². The normalized spacial score (nSPS) is 10.7. The Balaban J connectivity index is 2.16. The topological polar surface area (TPSA) is 88.2 Å². The van der Waals surface area contributed by atoms with Gasteiger partial charge in [-0.3, -0.25) is 10.2 Å². The molecule has 3 rings (SSSR count). The van der Waals surface area contributed by atoms with Gasteiger partial charge in [0.2, 0.25) is 0 Å². The number of aromatic hydroxyl groups is 1. The van der Waals surface area contributed by atoms with Crippen molar-refractivity contribution in [2.75, 3.05) is 0 Å². The number of benzene rings is 2. The summed E-state index contributed by atoms with van der Waals surface area (Å²) in [4.78, 5) is 16.0. The van der Waals surface area contributed by atoms with Gasteiger partial charge in [0.05, 0.1) is 21.3 Å². The minimum Gasteiger partial charge on any atom is -0.506 e. The third-order valence-corrected chi connectivity index (χ3v) is 4.01. The molecule has 0 unspecified atom stereocenters. The molecule has 1 amide bonds. The predicted molar refractivity (Wildman–Crippen MR) is 78.4 cm³/mol. The van der Waals surface area contributed by atoms with Crippen molar-refractivity contribution in [3.05, 3.63) is 48.0 Å². The van der Waals surface area contributed by atoms with E-state index in [1.807, 2.05) is 29.7 Å². The quantitative estimate of drug-likeness (QED) is 0.383. The van der Waals surface area contributed by atoms with Gasteiger partial charge in [-0.1, -0.05) is 18.2 Å². The SMILES string of the molecule is NNC(=O)c1cccc(-c2nc3ccccc3s2)c1O. The van der Waals surface area contributed by atoms with Crippen LogP contribution in [0, 0.1) is 0 Å². The number of para-hydroxylation sites is 2. The highest BCUT2D eigenvalue weighted by atomic mass is 32.1. The van der Waals surface area contributed by atoms with Crippen LogP contribution >= 0.6 is 11.3 Å². The van der Waals surface area contributed by atoms with Crippen LogP contribution in [-0.2, 0) is 0 Å². The van der Waals surface area contributed by atoms with Crippen LogP contribution in [0.15, 0.2) is 42.5 Å². The number of nitrogens with one attached hydrogen (secondary N) is 1. The number of carbonyl (C=O) groups is 1. The van der Waals surface area contributed by atoms with Crippen LogP contribution < -0.4 is 11.3 Å². The number of thiazole rings is 1. The summed E-state index contributed by atoms with van der Waals surface area (Å²) in [7, 11) is 0. The van der Waals surface area contributed by atoms with Crippen LogP contribution in [0.5, 0.6) is 5.75 Å². The van der Waals surface area contributed by atoms with E-state index in [0.29, 0.717) is 10.6 Å². The molecule has 0 saturated heterocycles. The highest BCUT2D eigenvalue weighted by Gasteiger charge is 2.16. The molecule has 0 spiro atoms. The Morgan fingerprint density at radius 1 is 1.20 bits per heavy atom. The summed E-state index contributed by atoms with van der Waals surface area (Å²) in [5.41, 5.74) is 3.52. The Morgan fingerprint density at radius 2 is 2.00 bits per heavy atom. The predicted octanol–water partition coefficient (Wildman–Crippen LogP) is 2.27. The van der Waals surface area contributed by atoms with Crippen molar-refractivity contribution in [2.24, 2.45) is 5.84 Å². The van der Waals surface area contributed by atoms with Gasteiger partial charge in [-0.15, -0.1) is 11.3 Å². The maximum absolute atomic E-state index is 11.6. The zero-order valence-corrected chi connectivity index (χ0v) is 11.1. The van der Waals surface area contributed by atoms with Crippen molar-refractivity contribution in [2.45, 2.75) is 0 Å². The molecule has 20 heavy (non-hydrogen) atoms. The molecule has 2 aromatic carbocycles. The van der Waals surface area contributed by atoms with Crippen molar-refractivity contribution in [3.8, 4) is 16.3 Å². The summed E-state index contributed by atoms with van der Waals surface area (Å²) >= 11 is 1.46. The van der Waals surface area contributed by atoms with Crippen LogP contribution in [0.1, 0.15) is 10.4 Å². The highest BCUT2D eigenvalue weighted by molar-refractivity contribution is 7.21. The Hall–Kier alpha value is -2.44. The Morgan fingerprint density at radius 3 is 2.75 bits per heavy atom. The largest absolute Gasteiger partial charge is 0.506 e. The fraction of sp³-hybridized carbons (Fsp3) is 0. The van der Waals surface area contributed by atoms with Crippen LogP contribution in [0.3, 0.4) is 0 Å². The minimum absolute atomic E-state index is 0.116. The van der Waals surface area contributed by atoms with Crippen LogP contribution in [0.2, 0.25) is 0 Å². The van der Waals surface area contributed by atoms with Gasteiger partial charge in [0.1, 0.15) is 10.8 Å². The van der Waals surface area contributed by atoms with Crippen molar-refractivity contribution in [3.63, 3.8) is 0 Å². The second-order valence-corrected chi connectivity index (χ2v) is 5.19. The van der Waals surface area contributed by atoms with E-state index in [0.717, 1.165) is 10.2 Å². The molecule has 0 bridgehead atoms. The first-order chi connectivity index (χ1) is 9.70. The Labute approximate surface area is 118 Å². The smallest absolute Gasteiger partial charge is 0.268 e. The molecule has 1 heterocycles. The van der Waals surface area contributed by atoms with Gasteiger partial charge in [-0.05, 0) is 24.3 Å². The molecule has 0 aliphatic heterocycles. The molecule has 100 valence electrons. The molecule has 0 aliphatic carbocycles. The van der Waals surface area contributed by atoms with Crippen molar-refractivity contribution in [1.29, 1.82) is 0 Å². The number of hydrazine groups is 1. The first kappa shape index (κ1) is 12.6. The van der Waals surface area contributed by atoms with Crippen molar-refractivity contribution in [1.82, 2.24) is 10.4 Å². The lowest BCUT2D eigenvalue weighted by Gasteiger charge is -2.06. The average Bonchev–Trinajstić information content (AvgIpc) is 2.90. The summed E-state index contributed by atoms with van der Waals surface area (Å²) < 4.78 is 1.02. The zero-order chi connectivity index (χ0) is 14.1. The molecule has 5 nitrogen and oxygen atoms in total. The molecule has 4 N–H and O–H groups in total. The fourth-order valence-corrected chi connectivity index (χ4v) is 2.96. The summed E-state index contributed by atoms with van der Waals surface area (Å²) in [5.74, 6) is 4.45. The van der Waals surface area contributed by atoms with E-state index in [-0.39, 0.29) is 11.3 Å². The maximum Gasteiger partial charge on any atom is 0.268 e. The standard InChI is InChI=1S/C14H11N3O2S/c15-17-13(19)8-4-3-5-9(12(8)18)14-16-10-6-1-2-7-11(10)20-14/h1-7,18H,15H2,(H,17,19). The molecule has 6 heteroatoms. The van der Waals surface area contributed by atoms with E-state index >= 15 is 0 Å². The monoisotopic (exact) mass is 285 g/mol. The van der Waals surface area contributed by atoms with Gasteiger partial charge < -0.3 is 5.11 Å². The molecule has 0 fully saturated rings. The van der Waals surface area contributed by atoms with Crippen LogP contribution in [0.25, 0.3) is 20.8 Å². The number of nitrogens with two attached hydrogens (primary N) is 1. The first-order valence-electron chi connectivity index (χ1n) is 5.89. The van der Waals surface area contributed by atoms with Crippen molar-refractivity contribution < 1.29 is 9.90 Å². The zero-order valence-electron chi connectivity index (χ0n) is 10.3. The number of phenols is 1. The minimum atomic E-state index is -0.537.